The van der Waals surface area contributed by atoms with E-state index >= 15 is 0 Å². The van der Waals surface area contributed by atoms with Gasteiger partial charge in [0.05, 0.1) is 6.10 Å². The zero-order valence-corrected chi connectivity index (χ0v) is 14.3. The molecule has 8 heteroatoms. The summed E-state index contributed by atoms with van der Waals surface area (Å²) in [5.74, 6) is 0.115. The van der Waals surface area contributed by atoms with Crippen LogP contribution >= 0.6 is 0 Å². The first-order valence-electron chi connectivity index (χ1n) is 7.93. The highest BCUT2D eigenvalue weighted by atomic mass is 19.4. The van der Waals surface area contributed by atoms with Crippen molar-refractivity contribution in [1.29, 1.82) is 0 Å². The van der Waals surface area contributed by atoms with Crippen LogP contribution < -0.4 is 14.8 Å². The Bertz CT molecular complexity index is 731. The highest BCUT2D eigenvalue weighted by molar-refractivity contribution is 5.94. The molecular formula is C18H19F3N2O3. The number of carbonyl (C=O) groups excluding carboxylic acids is 1. The minimum absolute atomic E-state index is 0.00981. The summed E-state index contributed by atoms with van der Waals surface area (Å²) in [6.07, 6.45) is -3.11. The Labute approximate surface area is 149 Å². The van der Waals surface area contributed by atoms with Crippen LogP contribution in [0.3, 0.4) is 0 Å². The molecule has 0 fully saturated rings. The maximum atomic E-state index is 12.3. The molecule has 0 radical (unpaired) electrons. The number of alkyl halides is 3. The molecule has 0 aliphatic heterocycles. The highest BCUT2D eigenvalue weighted by Gasteiger charge is 2.29. The van der Waals surface area contributed by atoms with E-state index in [2.05, 4.69) is 15.0 Å². The van der Waals surface area contributed by atoms with E-state index in [9.17, 15) is 18.0 Å². The van der Waals surface area contributed by atoms with Crippen molar-refractivity contribution in [3.63, 3.8) is 0 Å². The molecule has 1 heterocycles. The van der Waals surface area contributed by atoms with Gasteiger partial charge in [0.2, 0.25) is 5.88 Å². The zero-order valence-electron chi connectivity index (χ0n) is 14.3. The van der Waals surface area contributed by atoms with Gasteiger partial charge in [-0.2, -0.15) is 13.2 Å². The first-order valence-corrected chi connectivity index (χ1v) is 7.93. The third-order valence-electron chi connectivity index (χ3n) is 3.15. The Balaban J connectivity index is 1.97. The van der Waals surface area contributed by atoms with E-state index in [1.807, 2.05) is 13.8 Å². The summed E-state index contributed by atoms with van der Waals surface area (Å²) in [4.78, 5) is 16.0. The molecule has 0 spiro atoms. The van der Waals surface area contributed by atoms with E-state index < -0.39 is 12.8 Å². The van der Waals surface area contributed by atoms with Crippen molar-refractivity contribution in [2.45, 2.75) is 32.7 Å². The van der Waals surface area contributed by atoms with E-state index in [0.29, 0.717) is 16.9 Å². The van der Waals surface area contributed by atoms with Crippen molar-refractivity contribution >= 4 is 5.91 Å². The molecule has 0 bridgehead atoms. The monoisotopic (exact) mass is 368 g/mol. The van der Waals surface area contributed by atoms with Crippen LogP contribution in [0.1, 0.15) is 29.8 Å². The molecule has 2 rings (SSSR count). The molecule has 0 atom stereocenters. The molecule has 1 aromatic heterocycles. The zero-order chi connectivity index (χ0) is 19.2. The molecule has 26 heavy (non-hydrogen) atoms. The molecule has 0 aliphatic carbocycles. The van der Waals surface area contributed by atoms with Crippen molar-refractivity contribution < 1.29 is 27.4 Å². The Morgan fingerprint density at radius 3 is 2.50 bits per heavy atom. The minimum atomic E-state index is -4.46. The Morgan fingerprint density at radius 2 is 1.88 bits per heavy atom. The largest absolute Gasteiger partial charge is 0.491 e. The fraction of sp³-hybridized carbons (Fsp3) is 0.333. The van der Waals surface area contributed by atoms with Crippen molar-refractivity contribution in [3.05, 3.63) is 53.7 Å². The molecule has 1 amide bonds. The van der Waals surface area contributed by atoms with Crippen LogP contribution in [0, 0.1) is 0 Å². The number of halogens is 3. The van der Waals surface area contributed by atoms with Crippen molar-refractivity contribution in [2.75, 3.05) is 6.61 Å². The Kier molecular flexibility index (Phi) is 6.43. The number of aromatic nitrogens is 1. The topological polar surface area (TPSA) is 60.5 Å². The number of benzene rings is 1. The van der Waals surface area contributed by atoms with Crippen LogP contribution in [0.2, 0.25) is 0 Å². The van der Waals surface area contributed by atoms with Gasteiger partial charge in [-0.05, 0) is 44.2 Å². The van der Waals surface area contributed by atoms with Gasteiger partial charge in [0.25, 0.3) is 5.91 Å². The number of carbonyl (C=O) groups is 1. The van der Waals surface area contributed by atoms with Gasteiger partial charge >= 0.3 is 6.18 Å². The number of ether oxygens (including phenoxy) is 2. The molecule has 140 valence electrons. The average Bonchev–Trinajstić information content (AvgIpc) is 2.58. The molecule has 1 N–H and O–H groups in total. The van der Waals surface area contributed by atoms with Gasteiger partial charge in [-0.1, -0.05) is 6.07 Å². The second-order valence-corrected chi connectivity index (χ2v) is 5.75. The Morgan fingerprint density at radius 1 is 1.19 bits per heavy atom. The number of pyridine rings is 1. The molecule has 0 saturated heterocycles. The lowest BCUT2D eigenvalue weighted by Crippen LogP contribution is -2.24. The second kappa shape index (κ2) is 8.55. The molecule has 5 nitrogen and oxygen atoms in total. The summed E-state index contributed by atoms with van der Waals surface area (Å²) in [7, 11) is 0. The van der Waals surface area contributed by atoms with Crippen LogP contribution in [0.5, 0.6) is 11.6 Å². The van der Waals surface area contributed by atoms with E-state index in [4.69, 9.17) is 4.74 Å². The first-order chi connectivity index (χ1) is 12.2. The van der Waals surface area contributed by atoms with E-state index in [0.717, 1.165) is 0 Å². The lowest BCUT2D eigenvalue weighted by molar-refractivity contribution is -0.154. The standard InChI is InChI=1S/C18H19F3N2O3/c1-12(2)26-15-7-5-13(6-8-15)16(24)23-10-14-4-3-9-22-17(14)25-11-18(19,20)21/h3-9,12H,10-11H2,1-2H3,(H,23,24). The maximum absolute atomic E-state index is 12.3. The van der Waals surface area contributed by atoms with E-state index in [-0.39, 0.29) is 24.4 Å². The maximum Gasteiger partial charge on any atom is 0.422 e. The quantitative estimate of drug-likeness (QED) is 0.809. The summed E-state index contributed by atoms with van der Waals surface area (Å²) in [5, 5.41) is 2.63. The van der Waals surface area contributed by atoms with Crippen molar-refractivity contribution in [2.24, 2.45) is 0 Å². The van der Waals surface area contributed by atoms with Crippen LogP contribution in [0.25, 0.3) is 0 Å². The molecule has 1 aromatic carbocycles. The van der Waals surface area contributed by atoms with Crippen LogP contribution in [-0.4, -0.2) is 29.8 Å². The SMILES string of the molecule is CC(C)Oc1ccc(C(=O)NCc2cccnc2OCC(F)(F)F)cc1. The molecule has 0 aliphatic rings. The molecule has 0 saturated carbocycles. The summed E-state index contributed by atoms with van der Waals surface area (Å²) in [5.41, 5.74) is 0.757. The van der Waals surface area contributed by atoms with Gasteiger partial charge in [-0.3, -0.25) is 4.79 Å². The number of rotatable bonds is 7. The van der Waals surface area contributed by atoms with Crippen LogP contribution in [0.4, 0.5) is 13.2 Å². The van der Waals surface area contributed by atoms with Gasteiger partial charge in [0.1, 0.15) is 5.75 Å². The number of nitrogens with zero attached hydrogens (tertiary/aromatic N) is 1. The summed E-state index contributed by atoms with van der Waals surface area (Å²) < 4.78 is 47.1. The smallest absolute Gasteiger partial charge is 0.422 e. The fourth-order valence-corrected chi connectivity index (χ4v) is 2.07. The third-order valence-corrected chi connectivity index (χ3v) is 3.15. The minimum Gasteiger partial charge on any atom is -0.491 e. The average molecular weight is 368 g/mol. The number of nitrogens with one attached hydrogen (secondary N) is 1. The predicted octanol–water partition coefficient (Wildman–Crippen LogP) is 3.74. The summed E-state index contributed by atoms with van der Waals surface area (Å²) in [6, 6.07) is 9.67. The lowest BCUT2D eigenvalue weighted by Gasteiger charge is -2.13. The molecule has 2 aromatic rings. The molecular weight excluding hydrogens is 349 g/mol. The fourth-order valence-electron chi connectivity index (χ4n) is 2.07. The molecule has 0 unspecified atom stereocenters. The summed E-state index contributed by atoms with van der Waals surface area (Å²) >= 11 is 0. The van der Waals surface area contributed by atoms with Gasteiger partial charge in [-0.25, -0.2) is 4.98 Å². The van der Waals surface area contributed by atoms with Gasteiger partial charge < -0.3 is 14.8 Å². The van der Waals surface area contributed by atoms with Gasteiger partial charge in [0.15, 0.2) is 6.61 Å². The number of hydrogen-bond acceptors (Lipinski definition) is 4. The van der Waals surface area contributed by atoms with Gasteiger partial charge in [0, 0.05) is 23.9 Å². The number of amides is 1. The first kappa shape index (κ1) is 19.6. The lowest BCUT2D eigenvalue weighted by atomic mass is 10.2. The summed E-state index contributed by atoms with van der Waals surface area (Å²) in [6.45, 7) is 2.34. The normalized spacial score (nSPS) is 11.3. The second-order valence-electron chi connectivity index (χ2n) is 5.75. The van der Waals surface area contributed by atoms with Crippen LogP contribution in [-0.2, 0) is 6.54 Å². The Hall–Kier alpha value is -2.77. The predicted molar refractivity (Wildman–Crippen MR) is 89.2 cm³/mol. The van der Waals surface area contributed by atoms with Crippen molar-refractivity contribution in [3.8, 4) is 11.6 Å². The highest BCUT2D eigenvalue weighted by Crippen LogP contribution is 2.20. The van der Waals surface area contributed by atoms with E-state index in [1.54, 1.807) is 36.4 Å². The van der Waals surface area contributed by atoms with E-state index in [1.165, 1.54) is 6.20 Å². The third kappa shape index (κ3) is 6.27. The number of hydrogen-bond donors (Lipinski definition) is 1. The van der Waals surface area contributed by atoms with Crippen LogP contribution in [0.15, 0.2) is 42.6 Å². The van der Waals surface area contributed by atoms with Gasteiger partial charge in [-0.15, -0.1) is 0 Å². The van der Waals surface area contributed by atoms with Crippen molar-refractivity contribution in [1.82, 2.24) is 10.3 Å².